The fourth-order valence-corrected chi connectivity index (χ4v) is 2.70. The molecule has 3 aromatic rings. The summed E-state index contributed by atoms with van der Waals surface area (Å²) in [5.41, 5.74) is 4.27. The van der Waals surface area contributed by atoms with Gasteiger partial charge in [0.25, 0.3) is 0 Å². The number of hydrogen-bond acceptors (Lipinski definition) is 3. The van der Waals surface area contributed by atoms with Crippen LogP contribution in [-0.4, -0.2) is 15.0 Å². The summed E-state index contributed by atoms with van der Waals surface area (Å²) in [6.45, 7) is 4.15. The van der Waals surface area contributed by atoms with Crippen LogP contribution >= 0.6 is 11.3 Å². The Morgan fingerprint density at radius 1 is 1.22 bits per heavy atom. The maximum Gasteiger partial charge on any atom is 0.139 e. The maximum atomic E-state index is 4.69. The highest BCUT2D eigenvalue weighted by molar-refractivity contribution is 7.10. The van der Waals surface area contributed by atoms with E-state index in [9.17, 15) is 0 Å². The molecule has 3 rings (SSSR count). The number of aryl methyl sites for hydroxylation is 2. The van der Waals surface area contributed by atoms with E-state index in [1.54, 1.807) is 17.5 Å². The predicted molar refractivity (Wildman–Crippen MR) is 74.6 cm³/mol. The smallest absolute Gasteiger partial charge is 0.139 e. The van der Waals surface area contributed by atoms with Gasteiger partial charge in [-0.15, -0.1) is 11.3 Å². The topological polar surface area (TPSA) is 41.6 Å². The van der Waals surface area contributed by atoms with E-state index in [0.717, 1.165) is 22.8 Å². The molecule has 0 fully saturated rings. The number of nitrogens with zero attached hydrogens (tertiary/aromatic N) is 2. The summed E-state index contributed by atoms with van der Waals surface area (Å²) < 4.78 is 0. The van der Waals surface area contributed by atoms with Gasteiger partial charge >= 0.3 is 0 Å². The average Bonchev–Trinajstić information content (AvgIpc) is 2.96. The second-order valence-corrected chi connectivity index (χ2v) is 5.31. The van der Waals surface area contributed by atoms with Crippen LogP contribution in [0, 0.1) is 13.8 Å². The van der Waals surface area contributed by atoms with Gasteiger partial charge in [-0.2, -0.15) is 0 Å². The first kappa shape index (κ1) is 11.2. The molecule has 3 aromatic heterocycles. The van der Waals surface area contributed by atoms with Gasteiger partial charge in [0.05, 0.1) is 5.69 Å². The number of pyridine rings is 1. The summed E-state index contributed by atoms with van der Waals surface area (Å²) in [7, 11) is 0. The largest absolute Gasteiger partial charge is 0.342 e. The van der Waals surface area contributed by atoms with Crippen LogP contribution in [0.5, 0.6) is 0 Å². The van der Waals surface area contributed by atoms with E-state index in [-0.39, 0.29) is 0 Å². The molecule has 3 nitrogen and oxygen atoms in total. The molecule has 0 saturated heterocycles. The van der Waals surface area contributed by atoms with Crippen LogP contribution in [0.1, 0.15) is 10.6 Å². The molecule has 0 spiro atoms. The zero-order chi connectivity index (χ0) is 12.5. The van der Waals surface area contributed by atoms with Gasteiger partial charge in [0.15, 0.2) is 0 Å². The molecule has 3 heterocycles. The van der Waals surface area contributed by atoms with Gasteiger partial charge in [-0.3, -0.25) is 4.98 Å². The zero-order valence-corrected chi connectivity index (χ0v) is 11.1. The number of H-pyrrole nitrogens is 1. The molecule has 0 aromatic carbocycles. The van der Waals surface area contributed by atoms with E-state index in [4.69, 9.17) is 4.98 Å². The molecule has 0 atom stereocenters. The van der Waals surface area contributed by atoms with Gasteiger partial charge < -0.3 is 4.98 Å². The minimum Gasteiger partial charge on any atom is -0.342 e. The lowest BCUT2D eigenvalue weighted by atomic mass is 10.2. The molecule has 0 aliphatic carbocycles. The van der Waals surface area contributed by atoms with Gasteiger partial charge in [0, 0.05) is 34.1 Å². The number of thiophene rings is 1. The summed E-state index contributed by atoms with van der Waals surface area (Å²) in [5.74, 6) is 0.935. The number of aromatic amines is 1. The first-order valence-electron chi connectivity index (χ1n) is 5.77. The minimum atomic E-state index is 0.935. The Bertz CT molecular complexity index is 667. The van der Waals surface area contributed by atoms with Crippen LogP contribution in [0.25, 0.3) is 22.6 Å². The number of rotatable bonds is 2. The second kappa shape index (κ2) is 4.38. The van der Waals surface area contributed by atoms with Gasteiger partial charge in [-0.25, -0.2) is 4.98 Å². The lowest BCUT2D eigenvalue weighted by Gasteiger charge is -1.95. The van der Waals surface area contributed by atoms with E-state index in [0.29, 0.717) is 0 Å². The van der Waals surface area contributed by atoms with Crippen molar-refractivity contribution in [1.82, 2.24) is 15.0 Å². The quantitative estimate of drug-likeness (QED) is 0.756. The monoisotopic (exact) mass is 255 g/mol. The van der Waals surface area contributed by atoms with E-state index in [1.165, 1.54) is 10.4 Å². The number of aromatic nitrogens is 3. The lowest BCUT2D eigenvalue weighted by Crippen LogP contribution is -1.82. The molecule has 18 heavy (non-hydrogen) atoms. The van der Waals surface area contributed by atoms with Crippen LogP contribution in [0.2, 0.25) is 0 Å². The summed E-state index contributed by atoms with van der Waals surface area (Å²) >= 11 is 1.74. The van der Waals surface area contributed by atoms with Crippen molar-refractivity contribution >= 4 is 11.3 Å². The number of nitrogens with one attached hydrogen (secondary N) is 1. The minimum absolute atomic E-state index is 0.935. The Balaban J connectivity index is 2.10. The normalized spacial score (nSPS) is 10.8. The standard InChI is InChI=1S/C14H13N3S/c1-9-13(11-4-3-6-15-8-11)17-14(16-9)12-5-7-18-10(12)2/h3-8H,1-2H3,(H,16,17). The first-order valence-corrected chi connectivity index (χ1v) is 6.65. The van der Waals surface area contributed by atoms with Crippen LogP contribution in [-0.2, 0) is 0 Å². The van der Waals surface area contributed by atoms with Gasteiger partial charge in [0.1, 0.15) is 5.82 Å². The van der Waals surface area contributed by atoms with Gasteiger partial charge in [-0.1, -0.05) is 0 Å². The van der Waals surface area contributed by atoms with Crippen molar-refractivity contribution in [3.8, 4) is 22.6 Å². The highest BCUT2D eigenvalue weighted by Crippen LogP contribution is 2.29. The molecular weight excluding hydrogens is 242 g/mol. The Hall–Kier alpha value is -1.94. The van der Waals surface area contributed by atoms with Crippen molar-refractivity contribution in [3.05, 3.63) is 46.5 Å². The molecule has 0 aliphatic rings. The third-order valence-electron chi connectivity index (χ3n) is 2.93. The summed E-state index contributed by atoms with van der Waals surface area (Å²) in [6, 6.07) is 6.06. The summed E-state index contributed by atoms with van der Waals surface area (Å²) in [4.78, 5) is 13.5. The lowest BCUT2D eigenvalue weighted by molar-refractivity contribution is 1.25. The first-order chi connectivity index (χ1) is 8.75. The van der Waals surface area contributed by atoms with Gasteiger partial charge in [0.2, 0.25) is 0 Å². The molecule has 0 amide bonds. The van der Waals surface area contributed by atoms with E-state index < -0.39 is 0 Å². The van der Waals surface area contributed by atoms with Crippen LogP contribution in [0.3, 0.4) is 0 Å². The van der Waals surface area contributed by atoms with E-state index >= 15 is 0 Å². The van der Waals surface area contributed by atoms with Crippen molar-refractivity contribution < 1.29 is 0 Å². The predicted octanol–water partition coefficient (Wildman–Crippen LogP) is 3.82. The molecule has 0 unspecified atom stereocenters. The molecule has 0 saturated carbocycles. The molecular formula is C14H13N3S. The molecule has 0 aliphatic heterocycles. The Labute approximate surface area is 110 Å². The molecule has 0 bridgehead atoms. The third kappa shape index (κ3) is 1.84. The SMILES string of the molecule is Cc1[nH]c(-c2ccsc2C)nc1-c1cccnc1. The highest BCUT2D eigenvalue weighted by Gasteiger charge is 2.12. The van der Waals surface area contributed by atoms with Crippen molar-refractivity contribution in [2.45, 2.75) is 13.8 Å². The molecule has 90 valence electrons. The summed E-state index contributed by atoms with van der Waals surface area (Å²) in [6.07, 6.45) is 3.61. The fraction of sp³-hybridized carbons (Fsp3) is 0.143. The second-order valence-electron chi connectivity index (χ2n) is 4.19. The van der Waals surface area contributed by atoms with Gasteiger partial charge in [-0.05, 0) is 37.4 Å². The number of imidazole rings is 1. The van der Waals surface area contributed by atoms with Crippen LogP contribution in [0.4, 0.5) is 0 Å². The average molecular weight is 255 g/mol. The van der Waals surface area contributed by atoms with Crippen LogP contribution in [0.15, 0.2) is 36.0 Å². The molecule has 0 radical (unpaired) electrons. The Morgan fingerprint density at radius 2 is 2.11 bits per heavy atom. The van der Waals surface area contributed by atoms with Crippen molar-refractivity contribution in [3.63, 3.8) is 0 Å². The van der Waals surface area contributed by atoms with Crippen molar-refractivity contribution in [2.75, 3.05) is 0 Å². The maximum absolute atomic E-state index is 4.69. The van der Waals surface area contributed by atoms with Crippen LogP contribution < -0.4 is 0 Å². The summed E-state index contributed by atoms with van der Waals surface area (Å²) in [5, 5.41) is 2.09. The third-order valence-corrected chi connectivity index (χ3v) is 3.78. The fourth-order valence-electron chi connectivity index (χ4n) is 2.00. The van der Waals surface area contributed by atoms with Crippen molar-refractivity contribution in [2.24, 2.45) is 0 Å². The highest BCUT2D eigenvalue weighted by atomic mass is 32.1. The molecule has 1 N–H and O–H groups in total. The Kier molecular flexibility index (Phi) is 2.72. The zero-order valence-electron chi connectivity index (χ0n) is 10.3. The number of hydrogen-bond donors (Lipinski definition) is 1. The molecule has 4 heteroatoms. The Morgan fingerprint density at radius 3 is 2.78 bits per heavy atom. The van der Waals surface area contributed by atoms with E-state index in [2.05, 4.69) is 28.3 Å². The van der Waals surface area contributed by atoms with Crippen molar-refractivity contribution in [1.29, 1.82) is 0 Å². The van der Waals surface area contributed by atoms with E-state index in [1.807, 2.05) is 25.3 Å².